The second-order valence-corrected chi connectivity index (χ2v) is 3.92. The fourth-order valence-electron chi connectivity index (χ4n) is 1.88. The Balaban J connectivity index is 2.40. The molecule has 4 N–H and O–H groups in total. The lowest BCUT2D eigenvalue weighted by Gasteiger charge is -2.24. The van der Waals surface area contributed by atoms with E-state index in [1.807, 2.05) is 0 Å². The smallest absolute Gasteiger partial charge is 0.338 e. The Kier molecular flexibility index (Phi) is 3.86. The van der Waals surface area contributed by atoms with Crippen LogP contribution in [0, 0.1) is 0 Å². The molecule has 0 bridgehead atoms. The van der Waals surface area contributed by atoms with E-state index in [1.165, 1.54) is 6.26 Å². The number of carbonyl (C=O) groups is 1. The number of hydrogen-bond donors (Lipinski definition) is 3. The minimum Gasteiger partial charge on any atom is -0.467 e. The number of nitrogens with zero attached hydrogens (tertiary/aromatic N) is 1. The fourth-order valence-corrected chi connectivity index (χ4v) is 1.88. The number of nitrogens with one attached hydrogen (secondary N) is 2. The molecule has 1 aromatic rings. The average molecular weight is 264 g/mol. The highest BCUT2D eigenvalue weighted by Gasteiger charge is 2.31. The van der Waals surface area contributed by atoms with Gasteiger partial charge in [0.15, 0.2) is 0 Å². The molecule has 0 amide bonds. The Labute approximate surface area is 110 Å². The van der Waals surface area contributed by atoms with E-state index in [0.717, 1.165) is 0 Å². The Morgan fingerprint density at radius 3 is 3.05 bits per heavy atom. The van der Waals surface area contributed by atoms with Crippen molar-refractivity contribution in [2.24, 2.45) is 10.8 Å². The molecule has 2 rings (SSSR count). The summed E-state index contributed by atoms with van der Waals surface area (Å²) in [5.74, 6) is 5.85. The van der Waals surface area contributed by atoms with E-state index < -0.39 is 12.0 Å². The molecule has 7 nitrogen and oxygen atoms in total. The van der Waals surface area contributed by atoms with Crippen molar-refractivity contribution in [1.82, 2.24) is 10.7 Å². The van der Waals surface area contributed by atoms with Gasteiger partial charge >= 0.3 is 5.97 Å². The third-order valence-corrected chi connectivity index (χ3v) is 2.69. The van der Waals surface area contributed by atoms with Crippen LogP contribution >= 0.6 is 0 Å². The molecule has 2 heterocycles. The molecule has 1 aliphatic heterocycles. The quantitative estimate of drug-likeness (QED) is 0.419. The third-order valence-electron chi connectivity index (χ3n) is 2.69. The van der Waals surface area contributed by atoms with E-state index in [4.69, 9.17) is 15.0 Å². The van der Waals surface area contributed by atoms with Crippen molar-refractivity contribution >= 4 is 11.9 Å². The monoisotopic (exact) mass is 264 g/mol. The molecule has 7 heteroatoms. The predicted molar refractivity (Wildman–Crippen MR) is 68.7 cm³/mol. The topological polar surface area (TPSA) is 102 Å². The maximum Gasteiger partial charge on any atom is 0.338 e. The second-order valence-electron chi connectivity index (χ2n) is 3.92. The maximum absolute atomic E-state index is 12.0. The van der Waals surface area contributed by atoms with Crippen LogP contribution in [0.1, 0.15) is 25.6 Å². The van der Waals surface area contributed by atoms with E-state index in [0.29, 0.717) is 29.6 Å². The van der Waals surface area contributed by atoms with Crippen LogP contribution < -0.4 is 16.6 Å². The zero-order valence-electron chi connectivity index (χ0n) is 10.8. The van der Waals surface area contributed by atoms with Gasteiger partial charge in [-0.1, -0.05) is 0 Å². The van der Waals surface area contributed by atoms with Gasteiger partial charge in [-0.25, -0.2) is 15.6 Å². The number of ether oxygens (including phenoxy) is 1. The highest BCUT2D eigenvalue weighted by Crippen LogP contribution is 2.31. The average Bonchev–Trinajstić information content (AvgIpc) is 2.91. The largest absolute Gasteiger partial charge is 0.467 e. The lowest BCUT2D eigenvalue weighted by atomic mass is 10.0. The maximum atomic E-state index is 12.0. The molecule has 0 fully saturated rings. The minimum absolute atomic E-state index is 0.298. The summed E-state index contributed by atoms with van der Waals surface area (Å²) < 4.78 is 10.4. The summed E-state index contributed by atoms with van der Waals surface area (Å²) in [4.78, 5) is 16.3. The molecule has 1 aromatic heterocycles. The first-order chi connectivity index (χ1) is 9.17. The number of hydrazine groups is 1. The number of furan rings is 1. The first kappa shape index (κ1) is 13.2. The summed E-state index contributed by atoms with van der Waals surface area (Å²) in [6.45, 7) is 3.81. The van der Waals surface area contributed by atoms with Crippen LogP contribution in [0.15, 0.2) is 39.1 Å². The van der Waals surface area contributed by atoms with Gasteiger partial charge in [-0.2, -0.15) is 0 Å². The zero-order valence-corrected chi connectivity index (χ0v) is 10.8. The number of aliphatic imine (C=N–C) groups is 1. The van der Waals surface area contributed by atoms with Gasteiger partial charge in [0.25, 0.3) is 0 Å². The van der Waals surface area contributed by atoms with E-state index in [1.54, 1.807) is 26.0 Å². The molecule has 0 saturated carbocycles. The van der Waals surface area contributed by atoms with Gasteiger partial charge in [-0.3, -0.25) is 5.43 Å². The van der Waals surface area contributed by atoms with Crippen LogP contribution in [0.4, 0.5) is 0 Å². The molecule has 0 unspecified atom stereocenters. The van der Waals surface area contributed by atoms with Crippen LogP contribution in [0.25, 0.3) is 0 Å². The molecule has 0 radical (unpaired) electrons. The van der Waals surface area contributed by atoms with Gasteiger partial charge in [0, 0.05) is 5.70 Å². The number of allylic oxidation sites excluding steroid dienone is 1. The van der Waals surface area contributed by atoms with Crippen molar-refractivity contribution in [3.8, 4) is 0 Å². The summed E-state index contributed by atoms with van der Waals surface area (Å²) in [7, 11) is 0. The van der Waals surface area contributed by atoms with E-state index in [-0.39, 0.29) is 0 Å². The predicted octanol–water partition coefficient (Wildman–Crippen LogP) is 0.580. The molecule has 1 aliphatic rings. The van der Waals surface area contributed by atoms with Gasteiger partial charge < -0.3 is 14.5 Å². The number of rotatable bonds is 3. The first-order valence-corrected chi connectivity index (χ1v) is 5.90. The summed E-state index contributed by atoms with van der Waals surface area (Å²) in [6, 6.07) is 2.92. The van der Waals surface area contributed by atoms with Crippen molar-refractivity contribution in [2.75, 3.05) is 6.61 Å². The van der Waals surface area contributed by atoms with Gasteiger partial charge in [0.05, 0.1) is 18.4 Å². The van der Waals surface area contributed by atoms with Crippen LogP contribution in [-0.2, 0) is 9.53 Å². The van der Waals surface area contributed by atoms with Crippen molar-refractivity contribution in [3.63, 3.8) is 0 Å². The van der Waals surface area contributed by atoms with Crippen LogP contribution in [-0.4, -0.2) is 18.5 Å². The molecular weight excluding hydrogens is 248 g/mol. The first-order valence-electron chi connectivity index (χ1n) is 5.90. The van der Waals surface area contributed by atoms with Crippen molar-refractivity contribution < 1.29 is 13.9 Å². The van der Waals surface area contributed by atoms with Gasteiger partial charge in [-0.05, 0) is 26.0 Å². The molecule has 19 heavy (non-hydrogen) atoms. The lowest BCUT2D eigenvalue weighted by Crippen LogP contribution is -2.44. The minimum atomic E-state index is -0.568. The molecule has 0 aliphatic carbocycles. The van der Waals surface area contributed by atoms with E-state index in [9.17, 15) is 4.79 Å². The fraction of sp³-hybridized carbons (Fsp3) is 0.333. The molecule has 102 valence electrons. The lowest BCUT2D eigenvalue weighted by molar-refractivity contribution is -0.139. The molecule has 1 atom stereocenters. The normalized spacial score (nSPS) is 18.7. The molecule has 0 saturated heterocycles. The molecule has 0 aromatic carbocycles. The third kappa shape index (κ3) is 2.60. The standard InChI is InChI=1S/C12H16N4O3/c1-3-18-11(17)9-7(2)14-12(16-13)15-10(9)8-5-4-6-19-8/h4-6,10H,3,13H2,1-2H3,(H2,14,15,16)/t10-/m0/s1. The number of carbonyl (C=O) groups excluding carboxylic acids is 1. The number of esters is 1. The Morgan fingerprint density at radius 1 is 1.68 bits per heavy atom. The summed E-state index contributed by atoms with van der Waals surface area (Å²) in [5, 5.41) is 2.90. The van der Waals surface area contributed by atoms with E-state index >= 15 is 0 Å². The van der Waals surface area contributed by atoms with Gasteiger partial charge in [-0.15, -0.1) is 0 Å². The van der Waals surface area contributed by atoms with Crippen LogP contribution in [0.5, 0.6) is 0 Å². The summed E-state index contributed by atoms with van der Waals surface area (Å²) >= 11 is 0. The second kappa shape index (κ2) is 5.57. The van der Waals surface area contributed by atoms with Crippen LogP contribution in [0.2, 0.25) is 0 Å². The highest BCUT2D eigenvalue weighted by atomic mass is 16.5. The Morgan fingerprint density at radius 2 is 2.47 bits per heavy atom. The summed E-state index contributed by atoms with van der Waals surface area (Å²) in [6.07, 6.45) is 1.53. The SMILES string of the molecule is CCOC(=O)C1=C(C)NC(NN)=N[C@H]1c1ccco1. The summed E-state index contributed by atoms with van der Waals surface area (Å²) in [5.41, 5.74) is 3.47. The molecule has 0 spiro atoms. The van der Waals surface area contributed by atoms with Crippen molar-refractivity contribution in [2.45, 2.75) is 19.9 Å². The van der Waals surface area contributed by atoms with Gasteiger partial charge in [0.2, 0.25) is 5.96 Å². The van der Waals surface area contributed by atoms with Crippen molar-refractivity contribution in [1.29, 1.82) is 0 Å². The van der Waals surface area contributed by atoms with Crippen LogP contribution in [0.3, 0.4) is 0 Å². The Bertz CT molecular complexity index is 519. The van der Waals surface area contributed by atoms with Gasteiger partial charge in [0.1, 0.15) is 11.8 Å². The van der Waals surface area contributed by atoms with E-state index in [2.05, 4.69) is 15.7 Å². The number of hydrogen-bond acceptors (Lipinski definition) is 7. The van der Waals surface area contributed by atoms with Crippen molar-refractivity contribution in [3.05, 3.63) is 35.4 Å². The number of nitrogens with two attached hydrogens (primary N) is 1. The zero-order chi connectivity index (χ0) is 13.8. The number of guanidine groups is 1. The molecular formula is C12H16N4O3. The highest BCUT2D eigenvalue weighted by molar-refractivity contribution is 5.95. The Hall–Kier alpha value is -2.28.